The van der Waals surface area contributed by atoms with E-state index in [1.54, 1.807) is 20.0 Å². The zero-order valence-corrected chi connectivity index (χ0v) is 11.0. The maximum Gasteiger partial charge on any atom is 0.323 e. The van der Waals surface area contributed by atoms with Crippen LogP contribution in [0.15, 0.2) is 10.6 Å². The first kappa shape index (κ1) is 12.9. The molecular weight excluding hydrogens is 258 g/mol. The van der Waals surface area contributed by atoms with Crippen molar-refractivity contribution in [3.8, 4) is 0 Å². The molecule has 2 rings (SSSR count). The van der Waals surface area contributed by atoms with Crippen molar-refractivity contribution in [1.29, 1.82) is 0 Å². The summed E-state index contributed by atoms with van der Waals surface area (Å²) in [5, 5.41) is 6.20. The molecule has 1 aromatic heterocycles. The van der Waals surface area contributed by atoms with E-state index in [0.717, 1.165) is 0 Å². The van der Waals surface area contributed by atoms with Gasteiger partial charge in [0.05, 0.1) is 11.5 Å². The van der Waals surface area contributed by atoms with Crippen LogP contribution >= 0.6 is 0 Å². The Bertz CT molecular complexity index is 551. The molecule has 2 heterocycles. The molecule has 0 saturated carbocycles. The molecule has 0 aliphatic carbocycles. The van der Waals surface area contributed by atoms with Crippen molar-refractivity contribution in [3.05, 3.63) is 11.8 Å². The van der Waals surface area contributed by atoms with Gasteiger partial charge in [-0.2, -0.15) is 0 Å². The quantitative estimate of drug-likeness (QED) is 0.853. The lowest BCUT2D eigenvalue weighted by molar-refractivity contribution is 0.208. The molecule has 0 aromatic carbocycles. The van der Waals surface area contributed by atoms with Gasteiger partial charge in [0.2, 0.25) is 0 Å². The van der Waals surface area contributed by atoms with Crippen LogP contribution in [-0.4, -0.2) is 49.1 Å². The highest BCUT2D eigenvalue weighted by molar-refractivity contribution is 7.91. The van der Waals surface area contributed by atoms with Gasteiger partial charge in [0, 0.05) is 19.2 Å². The number of rotatable bonds is 2. The van der Waals surface area contributed by atoms with E-state index in [-0.39, 0.29) is 23.6 Å². The summed E-state index contributed by atoms with van der Waals surface area (Å²) in [5.41, 5.74) is 0. The molecule has 7 nitrogen and oxygen atoms in total. The van der Waals surface area contributed by atoms with E-state index in [0.29, 0.717) is 18.0 Å². The Kier molecular flexibility index (Phi) is 3.29. The number of carbonyl (C=O) groups excluding carboxylic acids is 1. The Morgan fingerprint density at radius 2 is 2.33 bits per heavy atom. The molecule has 0 spiro atoms. The third-order valence-corrected chi connectivity index (χ3v) is 4.69. The normalized spacial score (nSPS) is 21.8. The van der Waals surface area contributed by atoms with Gasteiger partial charge in [0.25, 0.3) is 0 Å². The number of aryl methyl sites for hydroxylation is 1. The molecule has 1 fully saturated rings. The highest BCUT2D eigenvalue weighted by Crippen LogP contribution is 2.17. The molecule has 2 amide bonds. The predicted octanol–water partition coefficient (Wildman–Crippen LogP) is 0.634. The Labute approximate surface area is 105 Å². The number of amides is 2. The van der Waals surface area contributed by atoms with Crippen molar-refractivity contribution in [2.45, 2.75) is 19.4 Å². The lowest BCUT2D eigenvalue weighted by atomic mass is 10.2. The van der Waals surface area contributed by atoms with Gasteiger partial charge < -0.3 is 9.42 Å². The average Bonchev–Trinajstić information content (AvgIpc) is 2.83. The van der Waals surface area contributed by atoms with Gasteiger partial charge in [-0.3, -0.25) is 5.32 Å². The lowest BCUT2D eigenvalue weighted by Gasteiger charge is -2.22. The summed E-state index contributed by atoms with van der Waals surface area (Å²) in [6.45, 7) is 1.72. The lowest BCUT2D eigenvalue weighted by Crippen LogP contribution is -2.40. The Hall–Kier alpha value is -1.57. The summed E-state index contributed by atoms with van der Waals surface area (Å²) >= 11 is 0. The average molecular weight is 273 g/mol. The van der Waals surface area contributed by atoms with Gasteiger partial charge >= 0.3 is 6.03 Å². The minimum Gasteiger partial charge on any atom is -0.360 e. The number of anilines is 1. The minimum atomic E-state index is -3.00. The van der Waals surface area contributed by atoms with Crippen LogP contribution in [0.5, 0.6) is 0 Å². The van der Waals surface area contributed by atoms with E-state index < -0.39 is 9.84 Å². The molecule has 1 aliphatic heterocycles. The van der Waals surface area contributed by atoms with Gasteiger partial charge in [-0.05, 0) is 13.3 Å². The fourth-order valence-corrected chi connectivity index (χ4v) is 3.64. The van der Waals surface area contributed by atoms with Crippen LogP contribution in [-0.2, 0) is 9.84 Å². The smallest absolute Gasteiger partial charge is 0.323 e. The second kappa shape index (κ2) is 4.60. The van der Waals surface area contributed by atoms with Crippen molar-refractivity contribution >= 4 is 21.7 Å². The second-order valence-corrected chi connectivity index (χ2v) is 6.65. The maximum absolute atomic E-state index is 11.9. The fraction of sp³-hybridized carbons (Fsp3) is 0.600. The number of hydrogen-bond donors (Lipinski definition) is 1. The summed E-state index contributed by atoms with van der Waals surface area (Å²) in [6, 6.07) is 0.935. The van der Waals surface area contributed by atoms with Gasteiger partial charge in [-0.15, -0.1) is 0 Å². The zero-order chi connectivity index (χ0) is 13.3. The fourth-order valence-electron chi connectivity index (χ4n) is 1.87. The van der Waals surface area contributed by atoms with E-state index in [2.05, 4.69) is 10.5 Å². The predicted molar refractivity (Wildman–Crippen MR) is 65.1 cm³/mol. The standard InChI is InChI=1S/C10H15N3O4S/c1-7-5-9(12-17-7)11-10(14)13(2)8-3-4-18(15,16)6-8/h5,8H,3-4,6H2,1-2H3,(H,11,12,14). The number of urea groups is 1. The Balaban J connectivity index is 1.97. The van der Waals surface area contributed by atoms with E-state index in [1.807, 2.05) is 0 Å². The largest absolute Gasteiger partial charge is 0.360 e. The van der Waals surface area contributed by atoms with Crippen LogP contribution in [0.25, 0.3) is 0 Å². The van der Waals surface area contributed by atoms with Crippen molar-refractivity contribution in [1.82, 2.24) is 10.1 Å². The maximum atomic E-state index is 11.9. The second-order valence-electron chi connectivity index (χ2n) is 4.42. The van der Waals surface area contributed by atoms with Crippen molar-refractivity contribution in [3.63, 3.8) is 0 Å². The van der Waals surface area contributed by atoms with Crippen LogP contribution in [0.4, 0.5) is 10.6 Å². The van der Waals surface area contributed by atoms with E-state index in [1.165, 1.54) is 4.90 Å². The molecule has 1 saturated heterocycles. The SMILES string of the molecule is Cc1cc(NC(=O)N(C)C2CCS(=O)(=O)C2)no1. The van der Waals surface area contributed by atoms with E-state index in [9.17, 15) is 13.2 Å². The minimum absolute atomic E-state index is 0.0226. The highest BCUT2D eigenvalue weighted by atomic mass is 32.2. The number of hydrogen-bond acceptors (Lipinski definition) is 5. The molecule has 1 aliphatic rings. The number of carbonyl (C=O) groups is 1. The number of nitrogens with zero attached hydrogens (tertiary/aromatic N) is 2. The number of nitrogens with one attached hydrogen (secondary N) is 1. The number of aromatic nitrogens is 1. The molecule has 18 heavy (non-hydrogen) atoms. The van der Waals surface area contributed by atoms with Crippen molar-refractivity contribution in [2.24, 2.45) is 0 Å². The van der Waals surface area contributed by atoms with E-state index in [4.69, 9.17) is 4.52 Å². The summed E-state index contributed by atoms with van der Waals surface area (Å²) < 4.78 is 27.5. The summed E-state index contributed by atoms with van der Waals surface area (Å²) in [7, 11) is -1.42. The first-order valence-electron chi connectivity index (χ1n) is 5.55. The van der Waals surface area contributed by atoms with Crippen molar-refractivity contribution < 1.29 is 17.7 Å². The van der Waals surface area contributed by atoms with Crippen molar-refractivity contribution in [2.75, 3.05) is 23.9 Å². The topological polar surface area (TPSA) is 92.5 Å². The van der Waals surface area contributed by atoms with Gasteiger partial charge in [0.15, 0.2) is 15.7 Å². The molecule has 0 bridgehead atoms. The highest BCUT2D eigenvalue weighted by Gasteiger charge is 2.32. The first-order valence-corrected chi connectivity index (χ1v) is 7.37. The van der Waals surface area contributed by atoms with Gasteiger partial charge in [-0.1, -0.05) is 5.16 Å². The molecule has 100 valence electrons. The monoisotopic (exact) mass is 273 g/mol. The third kappa shape index (κ3) is 2.81. The van der Waals surface area contributed by atoms with Crippen LogP contribution in [0.2, 0.25) is 0 Å². The summed E-state index contributed by atoms with van der Waals surface area (Å²) in [6.07, 6.45) is 0.476. The molecular formula is C10H15N3O4S. The van der Waals surface area contributed by atoms with E-state index >= 15 is 0 Å². The molecule has 8 heteroatoms. The molecule has 1 unspecified atom stereocenters. The molecule has 1 atom stereocenters. The Morgan fingerprint density at radius 3 is 2.83 bits per heavy atom. The molecule has 1 N–H and O–H groups in total. The van der Waals surface area contributed by atoms with Gasteiger partial charge in [-0.25, -0.2) is 13.2 Å². The number of sulfone groups is 1. The third-order valence-electron chi connectivity index (χ3n) is 2.94. The molecule has 1 aromatic rings. The van der Waals surface area contributed by atoms with Crippen LogP contribution in [0.1, 0.15) is 12.2 Å². The summed E-state index contributed by atoms with van der Waals surface area (Å²) in [4.78, 5) is 13.3. The molecule has 0 radical (unpaired) electrons. The first-order chi connectivity index (χ1) is 8.37. The van der Waals surface area contributed by atoms with Crippen LogP contribution in [0, 0.1) is 6.92 Å². The Morgan fingerprint density at radius 1 is 1.61 bits per heavy atom. The zero-order valence-electron chi connectivity index (χ0n) is 10.2. The van der Waals surface area contributed by atoms with Crippen LogP contribution < -0.4 is 5.32 Å². The summed E-state index contributed by atoms with van der Waals surface area (Å²) in [5.74, 6) is 1.08. The van der Waals surface area contributed by atoms with Crippen LogP contribution in [0.3, 0.4) is 0 Å². The van der Waals surface area contributed by atoms with Gasteiger partial charge in [0.1, 0.15) is 5.76 Å².